The minimum absolute atomic E-state index is 0.145. The lowest BCUT2D eigenvalue weighted by molar-refractivity contribution is 0.112. The van der Waals surface area contributed by atoms with Crippen LogP contribution in [-0.4, -0.2) is 11.4 Å². The summed E-state index contributed by atoms with van der Waals surface area (Å²) in [6.07, 6.45) is 1.46. The van der Waals surface area contributed by atoms with E-state index < -0.39 is 0 Å². The number of benzene rings is 1. The molecule has 1 N–H and O–H groups in total. The normalized spacial score (nSPS) is 10.8. The smallest absolute Gasteiger partial charge is 0.176 e. The van der Waals surface area contributed by atoms with E-state index >= 15 is 0 Å². The molecule has 0 saturated heterocycles. The lowest BCUT2D eigenvalue weighted by atomic mass is 10.0. The third-order valence-corrected chi connectivity index (χ3v) is 2.52. The Balaban J connectivity index is 2.88. The highest BCUT2D eigenvalue weighted by Gasteiger charge is 2.13. The van der Waals surface area contributed by atoms with Gasteiger partial charge < -0.3 is 9.52 Å². The van der Waals surface area contributed by atoms with Gasteiger partial charge in [0.2, 0.25) is 0 Å². The van der Waals surface area contributed by atoms with Gasteiger partial charge in [-0.15, -0.1) is 0 Å². The number of fused-ring (bicyclic) bond motifs is 1. The summed E-state index contributed by atoms with van der Waals surface area (Å²) in [5.74, 6) is 0.836. The molecule has 0 radical (unpaired) electrons. The van der Waals surface area contributed by atoms with Crippen molar-refractivity contribution in [1.29, 1.82) is 0 Å². The Morgan fingerprint density at radius 3 is 2.80 bits per heavy atom. The lowest BCUT2D eigenvalue weighted by Crippen LogP contribution is -1.88. The Morgan fingerprint density at radius 1 is 1.47 bits per heavy atom. The number of aldehydes is 1. The third-order valence-electron chi connectivity index (χ3n) is 2.52. The lowest BCUT2D eigenvalue weighted by Gasteiger charge is -2.03. The van der Waals surface area contributed by atoms with Crippen molar-refractivity contribution in [2.24, 2.45) is 0 Å². The van der Waals surface area contributed by atoms with Crippen molar-refractivity contribution in [3.8, 4) is 5.75 Å². The highest BCUT2D eigenvalue weighted by molar-refractivity contribution is 5.99. The van der Waals surface area contributed by atoms with Gasteiger partial charge in [0.05, 0.1) is 0 Å². The summed E-state index contributed by atoms with van der Waals surface area (Å²) in [5, 5.41) is 10.6. The van der Waals surface area contributed by atoms with Crippen molar-refractivity contribution in [1.82, 2.24) is 0 Å². The van der Waals surface area contributed by atoms with Gasteiger partial charge in [0.15, 0.2) is 17.6 Å². The van der Waals surface area contributed by atoms with Crippen LogP contribution in [-0.2, 0) is 6.42 Å². The second kappa shape index (κ2) is 3.42. The van der Waals surface area contributed by atoms with E-state index in [9.17, 15) is 9.90 Å². The van der Waals surface area contributed by atoms with Crippen molar-refractivity contribution < 1.29 is 14.3 Å². The first-order valence-electron chi connectivity index (χ1n) is 4.87. The van der Waals surface area contributed by atoms with Gasteiger partial charge in [0.1, 0.15) is 5.76 Å². The summed E-state index contributed by atoms with van der Waals surface area (Å²) in [6, 6.07) is 3.47. The topological polar surface area (TPSA) is 50.4 Å². The zero-order valence-corrected chi connectivity index (χ0v) is 8.70. The molecule has 0 spiro atoms. The number of furan rings is 1. The van der Waals surface area contributed by atoms with Crippen LogP contribution < -0.4 is 0 Å². The molecule has 3 heteroatoms. The molecule has 15 heavy (non-hydrogen) atoms. The molecule has 0 aliphatic carbocycles. The molecule has 1 heterocycles. The Labute approximate surface area is 87.3 Å². The first kappa shape index (κ1) is 9.77. The predicted octanol–water partition coefficient (Wildman–Crippen LogP) is 2.82. The summed E-state index contributed by atoms with van der Waals surface area (Å²) in [6.45, 7) is 3.71. The summed E-state index contributed by atoms with van der Waals surface area (Å²) in [5.41, 5.74) is 1.71. The number of phenolic OH excluding ortho intramolecular Hbond substituents is 1. The molecule has 0 amide bonds. The van der Waals surface area contributed by atoms with E-state index in [1.54, 1.807) is 19.1 Å². The van der Waals surface area contributed by atoms with E-state index in [1.165, 1.54) is 0 Å². The number of carbonyl (C=O) groups excluding carboxylic acids is 1. The fourth-order valence-corrected chi connectivity index (χ4v) is 1.75. The monoisotopic (exact) mass is 204 g/mol. The Bertz CT molecular complexity index is 523. The molecule has 1 aromatic carbocycles. The van der Waals surface area contributed by atoms with Gasteiger partial charge >= 0.3 is 0 Å². The van der Waals surface area contributed by atoms with Crippen molar-refractivity contribution in [2.45, 2.75) is 20.3 Å². The number of hydrogen-bond acceptors (Lipinski definition) is 3. The van der Waals surface area contributed by atoms with Gasteiger partial charge in [-0.3, -0.25) is 4.79 Å². The van der Waals surface area contributed by atoms with E-state index in [-0.39, 0.29) is 5.75 Å². The maximum absolute atomic E-state index is 10.9. The summed E-state index contributed by atoms with van der Waals surface area (Å²) in [4.78, 5) is 10.9. The largest absolute Gasteiger partial charge is 0.504 e. The van der Waals surface area contributed by atoms with Gasteiger partial charge in [-0.2, -0.15) is 0 Å². The zero-order valence-electron chi connectivity index (χ0n) is 8.70. The van der Waals surface area contributed by atoms with Gasteiger partial charge in [-0.05, 0) is 31.0 Å². The average Bonchev–Trinajstić information content (AvgIpc) is 2.61. The van der Waals surface area contributed by atoms with Crippen molar-refractivity contribution in [2.75, 3.05) is 0 Å². The molecular weight excluding hydrogens is 192 g/mol. The number of rotatable bonds is 2. The van der Waals surface area contributed by atoms with Crippen LogP contribution >= 0.6 is 0 Å². The van der Waals surface area contributed by atoms with E-state index in [2.05, 4.69) is 0 Å². The van der Waals surface area contributed by atoms with Gasteiger partial charge in [-0.25, -0.2) is 0 Å². The molecule has 3 nitrogen and oxygen atoms in total. The molecule has 0 saturated carbocycles. The second-order valence-electron chi connectivity index (χ2n) is 3.54. The van der Waals surface area contributed by atoms with E-state index in [1.807, 2.05) is 6.92 Å². The number of aromatic hydroxyl groups is 1. The molecule has 78 valence electrons. The quantitative estimate of drug-likeness (QED) is 0.765. The molecule has 0 aliphatic heterocycles. The van der Waals surface area contributed by atoms with Gasteiger partial charge in [0.25, 0.3) is 0 Å². The van der Waals surface area contributed by atoms with Crippen LogP contribution in [0.5, 0.6) is 5.75 Å². The molecule has 2 rings (SSSR count). The second-order valence-corrected chi connectivity index (χ2v) is 3.54. The average molecular weight is 204 g/mol. The molecule has 0 atom stereocenters. The minimum Gasteiger partial charge on any atom is -0.504 e. The highest BCUT2D eigenvalue weighted by atomic mass is 16.4. The van der Waals surface area contributed by atoms with Crippen LogP contribution in [0.1, 0.15) is 28.6 Å². The Kier molecular flexibility index (Phi) is 2.23. The van der Waals surface area contributed by atoms with E-state index in [0.717, 1.165) is 11.8 Å². The maximum atomic E-state index is 10.9. The molecule has 0 unspecified atom stereocenters. The van der Waals surface area contributed by atoms with Crippen molar-refractivity contribution >= 4 is 17.3 Å². The predicted molar refractivity (Wildman–Crippen MR) is 57.4 cm³/mol. The van der Waals surface area contributed by atoms with Crippen LogP contribution in [0.25, 0.3) is 11.0 Å². The summed E-state index contributed by atoms with van der Waals surface area (Å²) < 4.78 is 5.37. The van der Waals surface area contributed by atoms with E-state index in [0.29, 0.717) is 28.7 Å². The SMILES string of the molecule is CCc1cc(C=O)c2cc(C)oc2c1O. The molecule has 0 bridgehead atoms. The third kappa shape index (κ3) is 1.40. The standard InChI is InChI=1S/C12H12O3/c1-3-8-5-9(6-13)10-4-7(2)15-12(10)11(8)14/h4-6,14H,3H2,1-2H3. The van der Waals surface area contributed by atoms with Crippen LogP contribution in [0.15, 0.2) is 16.5 Å². The van der Waals surface area contributed by atoms with Crippen molar-refractivity contribution in [3.05, 3.63) is 29.0 Å². The van der Waals surface area contributed by atoms with Crippen LogP contribution in [0.3, 0.4) is 0 Å². The van der Waals surface area contributed by atoms with Crippen LogP contribution in [0.2, 0.25) is 0 Å². The van der Waals surface area contributed by atoms with Gasteiger partial charge in [0, 0.05) is 10.9 Å². The summed E-state index contributed by atoms with van der Waals surface area (Å²) in [7, 11) is 0. The van der Waals surface area contributed by atoms with Gasteiger partial charge in [-0.1, -0.05) is 6.92 Å². The first-order chi connectivity index (χ1) is 7.17. The van der Waals surface area contributed by atoms with Crippen LogP contribution in [0, 0.1) is 6.92 Å². The molecule has 1 aromatic heterocycles. The van der Waals surface area contributed by atoms with Crippen molar-refractivity contribution in [3.63, 3.8) is 0 Å². The van der Waals surface area contributed by atoms with E-state index in [4.69, 9.17) is 4.42 Å². The zero-order chi connectivity index (χ0) is 11.0. The Morgan fingerprint density at radius 2 is 2.20 bits per heavy atom. The molecule has 0 fully saturated rings. The number of hydrogen-bond donors (Lipinski definition) is 1. The highest BCUT2D eigenvalue weighted by Crippen LogP contribution is 2.33. The maximum Gasteiger partial charge on any atom is 0.176 e. The fraction of sp³-hybridized carbons (Fsp3) is 0.250. The molecular formula is C12H12O3. The number of aryl methyl sites for hydroxylation is 2. The number of carbonyl (C=O) groups is 1. The first-order valence-corrected chi connectivity index (χ1v) is 4.87. The number of phenols is 1. The minimum atomic E-state index is 0.145. The fourth-order valence-electron chi connectivity index (χ4n) is 1.75. The Hall–Kier alpha value is -1.77. The van der Waals surface area contributed by atoms with Crippen LogP contribution in [0.4, 0.5) is 0 Å². The summed E-state index contributed by atoms with van der Waals surface area (Å²) >= 11 is 0. The molecule has 0 aliphatic rings. The molecule has 2 aromatic rings.